The molecule has 2 N–H and O–H groups in total. The summed E-state index contributed by atoms with van der Waals surface area (Å²) in [6, 6.07) is 17.0. The van der Waals surface area contributed by atoms with Crippen molar-refractivity contribution in [3.8, 4) is 23.0 Å². The molecule has 4 rings (SSSR count). The van der Waals surface area contributed by atoms with Gasteiger partial charge in [-0.1, -0.05) is 24.3 Å². The van der Waals surface area contributed by atoms with Crippen LogP contribution in [0.3, 0.4) is 0 Å². The number of rotatable bonds is 7. The predicted octanol–water partition coefficient (Wildman–Crippen LogP) is 5.55. The maximum Gasteiger partial charge on any atom is 0.230 e. The van der Waals surface area contributed by atoms with Gasteiger partial charge < -0.3 is 24.8 Å². The van der Waals surface area contributed by atoms with Gasteiger partial charge >= 0.3 is 0 Å². The largest absolute Gasteiger partial charge is 0.493 e. The van der Waals surface area contributed by atoms with Crippen molar-refractivity contribution in [2.45, 2.75) is 13.3 Å². The van der Waals surface area contributed by atoms with Crippen LogP contribution in [-0.4, -0.2) is 30.2 Å². The fraction of sp³-hybridized carbons (Fsp3) is 0.148. The average Bonchev–Trinajstić information content (AvgIpc) is 2.86. The summed E-state index contributed by atoms with van der Waals surface area (Å²) in [5, 5.41) is 6.15. The summed E-state index contributed by atoms with van der Waals surface area (Å²) in [6.45, 7) is 1.94. The van der Waals surface area contributed by atoms with Crippen molar-refractivity contribution in [1.29, 1.82) is 0 Å². The molecule has 0 saturated heterocycles. The molecular formula is C27H24FN3O4S. The number of ether oxygens (including phenoxy) is 3. The number of nitrogens with zero attached hydrogens (tertiary/aromatic N) is 1. The molecule has 0 unspecified atom stereocenters. The second-order valence-corrected chi connectivity index (χ2v) is 8.29. The molecule has 0 aliphatic carbocycles. The summed E-state index contributed by atoms with van der Waals surface area (Å²) < 4.78 is 31.4. The van der Waals surface area contributed by atoms with Crippen molar-refractivity contribution in [2.24, 2.45) is 0 Å². The van der Waals surface area contributed by atoms with Crippen LogP contribution in [0.2, 0.25) is 0 Å². The van der Waals surface area contributed by atoms with Crippen LogP contribution in [0.5, 0.6) is 23.0 Å². The van der Waals surface area contributed by atoms with Crippen molar-refractivity contribution < 1.29 is 23.4 Å². The van der Waals surface area contributed by atoms with E-state index < -0.39 is 5.82 Å². The molecule has 0 aliphatic rings. The highest BCUT2D eigenvalue weighted by molar-refractivity contribution is 7.80. The standard InChI is InChI=1S/C27H24FN3O4S/c1-16-6-4-5-7-17(16)12-26(32)31-27(36)30-18-8-9-23(20(28)13-18)35-22-10-11-29-21-15-25(34-3)24(33-2)14-19(21)22/h4-11,13-15H,12H2,1-3H3,(H2,30,31,32,36). The van der Waals surface area contributed by atoms with Crippen molar-refractivity contribution in [1.82, 2.24) is 10.3 Å². The SMILES string of the molecule is COc1cc2nccc(Oc3ccc(NC(=S)NC(=O)Cc4ccccc4C)cc3F)c2cc1OC. The monoisotopic (exact) mass is 505 g/mol. The number of hydrogen-bond donors (Lipinski definition) is 2. The minimum atomic E-state index is -0.612. The summed E-state index contributed by atoms with van der Waals surface area (Å²) in [5.41, 5.74) is 2.90. The van der Waals surface area contributed by atoms with Crippen LogP contribution in [-0.2, 0) is 11.2 Å². The lowest BCUT2D eigenvalue weighted by Crippen LogP contribution is -2.35. The highest BCUT2D eigenvalue weighted by Gasteiger charge is 2.14. The molecule has 0 fully saturated rings. The number of nitrogens with one attached hydrogen (secondary N) is 2. The zero-order chi connectivity index (χ0) is 25.7. The van der Waals surface area contributed by atoms with Crippen molar-refractivity contribution in [3.05, 3.63) is 83.8 Å². The molecule has 0 radical (unpaired) electrons. The van der Waals surface area contributed by atoms with Crippen LogP contribution in [0.4, 0.5) is 10.1 Å². The third kappa shape index (κ3) is 5.69. The Morgan fingerprint density at radius 1 is 0.972 bits per heavy atom. The van der Waals surface area contributed by atoms with Crippen LogP contribution in [0.25, 0.3) is 10.9 Å². The smallest absolute Gasteiger partial charge is 0.230 e. The number of carbonyl (C=O) groups is 1. The number of amides is 1. The number of methoxy groups -OCH3 is 2. The first-order valence-corrected chi connectivity index (χ1v) is 11.4. The minimum Gasteiger partial charge on any atom is -0.493 e. The number of carbonyl (C=O) groups excluding carboxylic acids is 1. The quantitative estimate of drug-likeness (QED) is 0.319. The second-order valence-electron chi connectivity index (χ2n) is 7.89. The van der Waals surface area contributed by atoms with Gasteiger partial charge in [0.15, 0.2) is 28.2 Å². The highest BCUT2D eigenvalue weighted by atomic mass is 32.1. The minimum absolute atomic E-state index is 0.0114. The number of thiocarbonyl (C=S) groups is 1. The molecule has 0 bridgehead atoms. The number of aryl methyl sites for hydroxylation is 1. The van der Waals surface area contributed by atoms with Crippen LogP contribution in [0.1, 0.15) is 11.1 Å². The first-order chi connectivity index (χ1) is 17.4. The molecule has 1 amide bonds. The van der Waals surface area contributed by atoms with Gasteiger partial charge in [-0.25, -0.2) is 4.39 Å². The van der Waals surface area contributed by atoms with E-state index in [9.17, 15) is 9.18 Å². The number of aromatic nitrogens is 1. The Hall–Kier alpha value is -4.24. The Kier molecular flexibility index (Phi) is 7.60. The van der Waals surface area contributed by atoms with Gasteiger partial charge in [0, 0.05) is 29.4 Å². The molecule has 184 valence electrons. The van der Waals surface area contributed by atoms with E-state index in [1.54, 1.807) is 30.5 Å². The van der Waals surface area contributed by atoms with Gasteiger partial charge in [0.05, 0.1) is 26.2 Å². The lowest BCUT2D eigenvalue weighted by molar-refractivity contribution is -0.119. The number of pyridine rings is 1. The molecule has 1 heterocycles. The van der Waals surface area contributed by atoms with E-state index in [0.717, 1.165) is 11.1 Å². The van der Waals surface area contributed by atoms with E-state index in [4.69, 9.17) is 26.4 Å². The fourth-order valence-electron chi connectivity index (χ4n) is 3.63. The Morgan fingerprint density at radius 3 is 2.44 bits per heavy atom. The number of benzene rings is 3. The third-order valence-electron chi connectivity index (χ3n) is 5.48. The zero-order valence-corrected chi connectivity index (χ0v) is 20.7. The maximum absolute atomic E-state index is 14.9. The van der Waals surface area contributed by atoms with Gasteiger partial charge in [-0.2, -0.15) is 0 Å². The lowest BCUT2D eigenvalue weighted by atomic mass is 10.1. The van der Waals surface area contributed by atoms with Gasteiger partial charge in [-0.05, 0) is 54.5 Å². The summed E-state index contributed by atoms with van der Waals surface area (Å²) in [4.78, 5) is 16.7. The van der Waals surface area contributed by atoms with E-state index in [2.05, 4.69) is 15.6 Å². The van der Waals surface area contributed by atoms with E-state index >= 15 is 0 Å². The topological polar surface area (TPSA) is 81.7 Å². The molecule has 0 spiro atoms. The fourth-order valence-corrected chi connectivity index (χ4v) is 3.86. The van der Waals surface area contributed by atoms with Crippen molar-refractivity contribution >= 4 is 39.8 Å². The number of hydrogen-bond acceptors (Lipinski definition) is 6. The van der Waals surface area contributed by atoms with Gasteiger partial charge in [-0.15, -0.1) is 0 Å². The molecule has 0 saturated carbocycles. The molecule has 0 aliphatic heterocycles. The van der Waals surface area contributed by atoms with E-state index in [1.165, 1.54) is 26.4 Å². The van der Waals surface area contributed by atoms with E-state index in [0.29, 0.717) is 33.8 Å². The summed E-state index contributed by atoms with van der Waals surface area (Å²) in [7, 11) is 3.07. The maximum atomic E-state index is 14.9. The average molecular weight is 506 g/mol. The van der Waals surface area contributed by atoms with Crippen LogP contribution >= 0.6 is 12.2 Å². The first-order valence-electron chi connectivity index (χ1n) is 11.0. The first kappa shape index (κ1) is 24.9. The molecule has 4 aromatic rings. The molecule has 7 nitrogen and oxygen atoms in total. The van der Waals surface area contributed by atoms with Crippen LogP contribution < -0.4 is 24.8 Å². The number of fused-ring (bicyclic) bond motifs is 1. The van der Waals surface area contributed by atoms with Gasteiger partial charge in [0.25, 0.3) is 0 Å². The van der Waals surface area contributed by atoms with E-state index in [-0.39, 0.29) is 23.2 Å². The summed E-state index contributed by atoms with van der Waals surface area (Å²) >= 11 is 5.21. The Balaban J connectivity index is 1.45. The van der Waals surface area contributed by atoms with Crippen molar-refractivity contribution in [3.63, 3.8) is 0 Å². The van der Waals surface area contributed by atoms with E-state index in [1.807, 2.05) is 31.2 Å². The highest BCUT2D eigenvalue weighted by Crippen LogP contribution is 2.37. The molecular weight excluding hydrogens is 481 g/mol. The second kappa shape index (κ2) is 11.0. The Bertz CT molecular complexity index is 1440. The molecule has 1 aromatic heterocycles. The number of anilines is 1. The Labute approximate surface area is 213 Å². The van der Waals surface area contributed by atoms with Crippen LogP contribution in [0, 0.1) is 12.7 Å². The third-order valence-corrected chi connectivity index (χ3v) is 5.69. The predicted molar refractivity (Wildman–Crippen MR) is 141 cm³/mol. The van der Waals surface area contributed by atoms with Crippen molar-refractivity contribution in [2.75, 3.05) is 19.5 Å². The summed E-state index contributed by atoms with van der Waals surface area (Å²) in [6.07, 6.45) is 1.75. The van der Waals surface area contributed by atoms with Gasteiger partial charge in [0.2, 0.25) is 5.91 Å². The van der Waals surface area contributed by atoms with Crippen LogP contribution in [0.15, 0.2) is 66.9 Å². The molecule has 0 atom stereocenters. The van der Waals surface area contributed by atoms with Gasteiger partial charge in [0.1, 0.15) is 5.75 Å². The molecule has 36 heavy (non-hydrogen) atoms. The molecule has 9 heteroatoms. The zero-order valence-electron chi connectivity index (χ0n) is 19.9. The number of halogens is 1. The Morgan fingerprint density at radius 2 is 1.72 bits per heavy atom. The van der Waals surface area contributed by atoms with Gasteiger partial charge in [-0.3, -0.25) is 9.78 Å². The summed E-state index contributed by atoms with van der Waals surface area (Å²) in [5.74, 6) is 0.564. The lowest BCUT2D eigenvalue weighted by Gasteiger charge is -2.14. The molecule has 3 aromatic carbocycles. The normalized spacial score (nSPS) is 10.6.